The fraction of sp³-hybridized carbons (Fsp3) is 0.474. The van der Waals surface area contributed by atoms with Crippen molar-refractivity contribution in [3.05, 3.63) is 40.4 Å². The third kappa shape index (κ3) is 4.15. The lowest BCUT2D eigenvalue weighted by Gasteiger charge is -2.15. The van der Waals surface area contributed by atoms with Gasteiger partial charge >= 0.3 is 5.97 Å². The molecule has 0 amide bonds. The third-order valence-electron chi connectivity index (χ3n) is 3.80. The van der Waals surface area contributed by atoms with Crippen LogP contribution in [0.2, 0.25) is 5.15 Å². The van der Waals surface area contributed by atoms with Crippen LogP contribution in [0.5, 0.6) is 5.75 Å². The van der Waals surface area contributed by atoms with Crippen molar-refractivity contribution >= 4 is 17.6 Å². The summed E-state index contributed by atoms with van der Waals surface area (Å²) in [4.78, 5) is 16.5. The summed E-state index contributed by atoms with van der Waals surface area (Å²) in [6.07, 6.45) is 1.58. The van der Waals surface area contributed by atoms with Gasteiger partial charge < -0.3 is 9.47 Å². The van der Waals surface area contributed by atoms with E-state index >= 15 is 0 Å². The summed E-state index contributed by atoms with van der Waals surface area (Å²) in [5, 5.41) is 0.241. The Morgan fingerprint density at radius 1 is 1.32 bits per heavy atom. The second-order valence-electron chi connectivity index (χ2n) is 6.18. The summed E-state index contributed by atoms with van der Waals surface area (Å²) in [7, 11) is 1.63. The van der Waals surface area contributed by atoms with Crippen LogP contribution in [0.3, 0.4) is 0 Å². The highest BCUT2D eigenvalue weighted by Crippen LogP contribution is 2.31. The molecule has 0 spiro atoms. The molecule has 0 aliphatic heterocycles. The summed E-state index contributed by atoms with van der Waals surface area (Å²) in [5.41, 5.74) is 2.09. The van der Waals surface area contributed by atoms with Crippen molar-refractivity contribution in [3.8, 4) is 11.4 Å². The Morgan fingerprint density at radius 2 is 2.04 bits per heavy atom. The smallest absolute Gasteiger partial charge is 0.360 e. The Hall–Kier alpha value is -2.01. The molecule has 0 aliphatic carbocycles. The molecule has 6 heteroatoms. The molecular formula is C19H25ClN2O3. The first kappa shape index (κ1) is 19.3. The first-order valence-corrected chi connectivity index (χ1v) is 8.92. The van der Waals surface area contributed by atoms with Crippen LogP contribution in [0.15, 0.2) is 18.2 Å². The summed E-state index contributed by atoms with van der Waals surface area (Å²) in [5.74, 6) is 1.41. The van der Waals surface area contributed by atoms with Gasteiger partial charge in [-0.25, -0.2) is 9.78 Å². The van der Waals surface area contributed by atoms with Crippen LogP contribution in [0.1, 0.15) is 49.6 Å². The fourth-order valence-corrected chi connectivity index (χ4v) is 3.07. The molecule has 1 aromatic carbocycles. The van der Waals surface area contributed by atoms with E-state index in [1.54, 1.807) is 18.6 Å². The van der Waals surface area contributed by atoms with Crippen LogP contribution in [-0.4, -0.2) is 29.2 Å². The normalized spacial score (nSPS) is 11.0. The summed E-state index contributed by atoms with van der Waals surface area (Å²) < 4.78 is 12.4. The van der Waals surface area contributed by atoms with Crippen LogP contribution in [0.25, 0.3) is 5.69 Å². The van der Waals surface area contributed by atoms with Crippen molar-refractivity contribution in [1.29, 1.82) is 0 Å². The lowest BCUT2D eigenvalue weighted by atomic mass is 10.0. The number of aromatic nitrogens is 2. The zero-order valence-electron chi connectivity index (χ0n) is 15.4. The molecular weight excluding hydrogens is 340 g/mol. The van der Waals surface area contributed by atoms with Gasteiger partial charge in [0, 0.05) is 6.42 Å². The number of hydrogen-bond acceptors (Lipinski definition) is 4. The van der Waals surface area contributed by atoms with E-state index in [-0.39, 0.29) is 17.5 Å². The highest BCUT2D eigenvalue weighted by molar-refractivity contribution is 6.32. The van der Waals surface area contributed by atoms with Crippen LogP contribution >= 0.6 is 11.6 Å². The largest absolute Gasteiger partial charge is 0.495 e. The van der Waals surface area contributed by atoms with E-state index in [0.29, 0.717) is 23.9 Å². The predicted octanol–water partition coefficient (Wildman–Crippen LogP) is 4.47. The molecule has 0 unspecified atom stereocenters. The zero-order chi connectivity index (χ0) is 18.6. The lowest BCUT2D eigenvalue weighted by Crippen LogP contribution is -2.06. The molecule has 0 saturated carbocycles. The minimum Gasteiger partial charge on any atom is -0.495 e. The summed E-state index contributed by atoms with van der Waals surface area (Å²) in [6, 6.07) is 6.02. The summed E-state index contributed by atoms with van der Waals surface area (Å²) >= 11 is 6.47. The monoisotopic (exact) mass is 364 g/mol. The molecule has 1 aromatic heterocycles. The van der Waals surface area contributed by atoms with Crippen molar-refractivity contribution in [1.82, 2.24) is 9.55 Å². The number of nitrogens with zero attached hydrogens (tertiary/aromatic N) is 2. The Labute approximate surface area is 153 Å². The number of imidazole rings is 1. The van der Waals surface area contributed by atoms with Crippen LogP contribution in [-0.2, 0) is 17.6 Å². The number of ether oxygens (including phenoxy) is 2. The molecule has 0 bridgehead atoms. The number of esters is 1. The van der Waals surface area contributed by atoms with Gasteiger partial charge in [0.1, 0.15) is 16.7 Å². The Morgan fingerprint density at radius 3 is 2.60 bits per heavy atom. The molecule has 2 rings (SSSR count). The van der Waals surface area contributed by atoms with Crippen molar-refractivity contribution in [2.45, 2.75) is 40.5 Å². The lowest BCUT2D eigenvalue weighted by molar-refractivity contribution is 0.0520. The SMILES string of the molecule is CCOC(=O)c1nc(CC)n(-c2ccc(CC(C)C)cc2OC)c1Cl. The molecule has 0 saturated heterocycles. The second kappa shape index (κ2) is 8.39. The van der Waals surface area contributed by atoms with Gasteiger partial charge in [0.05, 0.1) is 19.4 Å². The highest BCUT2D eigenvalue weighted by atomic mass is 35.5. The highest BCUT2D eigenvalue weighted by Gasteiger charge is 2.24. The quantitative estimate of drug-likeness (QED) is 0.680. The van der Waals surface area contributed by atoms with Crippen molar-refractivity contribution in [3.63, 3.8) is 0 Å². The molecule has 0 N–H and O–H groups in total. The molecule has 1 heterocycles. The average molecular weight is 365 g/mol. The van der Waals surface area contributed by atoms with E-state index in [9.17, 15) is 4.79 Å². The van der Waals surface area contributed by atoms with Crippen molar-refractivity contribution in [2.24, 2.45) is 5.92 Å². The predicted molar refractivity (Wildman–Crippen MR) is 99.0 cm³/mol. The van der Waals surface area contributed by atoms with E-state index in [2.05, 4.69) is 24.9 Å². The number of halogens is 1. The average Bonchev–Trinajstić information content (AvgIpc) is 2.91. The van der Waals surface area contributed by atoms with Crippen molar-refractivity contribution < 1.29 is 14.3 Å². The third-order valence-corrected chi connectivity index (χ3v) is 4.15. The molecule has 5 nitrogen and oxygen atoms in total. The van der Waals surface area contributed by atoms with Gasteiger partial charge in [-0.1, -0.05) is 38.4 Å². The molecule has 2 aromatic rings. The molecule has 0 aliphatic rings. The molecule has 0 atom stereocenters. The standard InChI is InChI=1S/C19H25ClN2O3/c1-6-16-21-17(19(23)25-7-2)18(20)22(16)14-9-8-13(10-12(3)4)11-15(14)24-5/h8-9,11-12H,6-7,10H2,1-5H3. The second-order valence-corrected chi connectivity index (χ2v) is 6.54. The number of rotatable bonds is 7. The number of methoxy groups -OCH3 is 1. The summed E-state index contributed by atoms with van der Waals surface area (Å²) in [6.45, 7) is 8.34. The number of carbonyl (C=O) groups excluding carboxylic acids is 1. The molecule has 0 radical (unpaired) electrons. The molecule has 0 fully saturated rings. The zero-order valence-corrected chi connectivity index (χ0v) is 16.2. The van der Waals surface area contributed by atoms with E-state index in [1.807, 2.05) is 19.1 Å². The van der Waals surface area contributed by atoms with Crippen molar-refractivity contribution in [2.75, 3.05) is 13.7 Å². The number of aryl methyl sites for hydroxylation is 1. The van der Waals surface area contributed by atoms with E-state index < -0.39 is 5.97 Å². The van der Waals surface area contributed by atoms with Crippen LogP contribution in [0.4, 0.5) is 0 Å². The van der Waals surface area contributed by atoms with Gasteiger partial charge in [0.15, 0.2) is 5.69 Å². The van der Waals surface area contributed by atoms with Gasteiger partial charge in [-0.3, -0.25) is 4.57 Å². The van der Waals surface area contributed by atoms with Gasteiger partial charge in [-0.2, -0.15) is 0 Å². The van der Waals surface area contributed by atoms with Gasteiger partial charge in [0.2, 0.25) is 0 Å². The van der Waals surface area contributed by atoms with E-state index in [1.165, 1.54) is 5.56 Å². The van der Waals surface area contributed by atoms with Gasteiger partial charge in [-0.05, 0) is 37.0 Å². The topological polar surface area (TPSA) is 53.3 Å². The number of benzene rings is 1. The van der Waals surface area contributed by atoms with E-state index in [4.69, 9.17) is 21.1 Å². The maximum atomic E-state index is 12.1. The van der Waals surface area contributed by atoms with Crippen LogP contribution in [0, 0.1) is 5.92 Å². The minimum atomic E-state index is -0.517. The van der Waals surface area contributed by atoms with Gasteiger partial charge in [-0.15, -0.1) is 0 Å². The molecule has 136 valence electrons. The fourth-order valence-electron chi connectivity index (χ4n) is 2.76. The maximum absolute atomic E-state index is 12.1. The minimum absolute atomic E-state index is 0.133. The van der Waals surface area contributed by atoms with Crippen LogP contribution < -0.4 is 4.74 Å². The molecule has 25 heavy (non-hydrogen) atoms. The van der Waals surface area contributed by atoms with Gasteiger partial charge in [0.25, 0.3) is 0 Å². The van der Waals surface area contributed by atoms with E-state index in [0.717, 1.165) is 12.1 Å². The number of hydrogen-bond donors (Lipinski definition) is 0. The maximum Gasteiger partial charge on any atom is 0.360 e. The first-order chi connectivity index (χ1) is 11.9. The Balaban J connectivity index is 2.55. The first-order valence-electron chi connectivity index (χ1n) is 8.54. The Kier molecular flexibility index (Phi) is 6.48. The Bertz CT molecular complexity index is 753. The number of carbonyl (C=O) groups is 1.